The van der Waals surface area contributed by atoms with Crippen molar-refractivity contribution >= 4 is 19.1 Å². The van der Waals surface area contributed by atoms with Crippen LogP contribution < -0.4 is 10.4 Å². The van der Waals surface area contributed by atoms with Crippen LogP contribution in [0.3, 0.4) is 0 Å². The van der Waals surface area contributed by atoms with E-state index in [4.69, 9.17) is 7.85 Å². The minimum absolute atomic E-state index is 0.731. The van der Waals surface area contributed by atoms with E-state index in [1.807, 2.05) is 12.1 Å². The smallest absolute Gasteiger partial charge is 0.128 e. The molecule has 2 heterocycles. The summed E-state index contributed by atoms with van der Waals surface area (Å²) < 4.78 is 0. The molecular weight excluding hydrogens is 135 g/mol. The molecule has 0 aromatic carbocycles. The van der Waals surface area contributed by atoms with Crippen LogP contribution in [0.15, 0.2) is 18.3 Å². The molecule has 1 fully saturated rings. The summed E-state index contributed by atoms with van der Waals surface area (Å²) in [6.45, 7) is 2.27. The fourth-order valence-electron chi connectivity index (χ4n) is 1.13. The predicted molar refractivity (Wildman–Crippen MR) is 46.5 cm³/mol. The van der Waals surface area contributed by atoms with Crippen LogP contribution in [0.2, 0.25) is 0 Å². The number of hydrogen-bond acceptors (Lipinski definition) is 2. The summed E-state index contributed by atoms with van der Waals surface area (Å²) in [5, 5.41) is 0. The Morgan fingerprint density at radius 2 is 2.18 bits per heavy atom. The van der Waals surface area contributed by atoms with E-state index in [1.54, 1.807) is 6.20 Å². The lowest BCUT2D eigenvalue weighted by molar-refractivity contribution is 0.610. The Labute approximate surface area is 67.7 Å². The molecule has 0 N–H and O–H groups in total. The largest absolute Gasteiger partial charge is 0.356 e. The van der Waals surface area contributed by atoms with E-state index < -0.39 is 0 Å². The number of anilines is 1. The van der Waals surface area contributed by atoms with E-state index >= 15 is 0 Å². The lowest BCUT2D eigenvalue weighted by atomic mass is 9.99. The lowest BCUT2D eigenvalue weighted by Gasteiger charge is -2.31. The molecule has 3 heteroatoms. The van der Waals surface area contributed by atoms with E-state index in [1.165, 1.54) is 6.42 Å². The summed E-state index contributed by atoms with van der Waals surface area (Å²) in [5.74, 6) is 1.05. The van der Waals surface area contributed by atoms with Gasteiger partial charge in [-0.05, 0) is 12.5 Å². The summed E-state index contributed by atoms with van der Waals surface area (Å²) in [7, 11) is 5.51. The second kappa shape index (κ2) is 2.57. The van der Waals surface area contributed by atoms with Gasteiger partial charge in [0, 0.05) is 19.3 Å². The molecule has 0 atom stereocenters. The standard InChI is InChI=1S/C8H9BN2/c9-7-2-3-8(10-6-7)11-4-1-5-11/h2-3,6H,1,4-5H2. The maximum absolute atomic E-state index is 5.51. The van der Waals surface area contributed by atoms with Crippen LogP contribution in [0.4, 0.5) is 5.82 Å². The molecule has 54 valence electrons. The van der Waals surface area contributed by atoms with Crippen LogP contribution in [-0.4, -0.2) is 25.9 Å². The zero-order valence-corrected chi connectivity index (χ0v) is 6.33. The Kier molecular flexibility index (Phi) is 1.57. The maximum atomic E-state index is 5.51. The van der Waals surface area contributed by atoms with Crippen LogP contribution in [-0.2, 0) is 0 Å². The predicted octanol–water partition coefficient (Wildman–Crippen LogP) is 0.0855. The lowest BCUT2D eigenvalue weighted by Crippen LogP contribution is -2.37. The Morgan fingerprint density at radius 3 is 2.64 bits per heavy atom. The summed E-state index contributed by atoms with van der Waals surface area (Å²) in [6, 6.07) is 3.86. The molecule has 1 aromatic rings. The minimum Gasteiger partial charge on any atom is -0.356 e. The highest BCUT2D eigenvalue weighted by Gasteiger charge is 2.14. The van der Waals surface area contributed by atoms with Crippen molar-refractivity contribution in [3.63, 3.8) is 0 Å². The van der Waals surface area contributed by atoms with Crippen molar-refractivity contribution in [1.82, 2.24) is 4.98 Å². The van der Waals surface area contributed by atoms with Gasteiger partial charge in [0.1, 0.15) is 13.7 Å². The third-order valence-electron chi connectivity index (χ3n) is 1.95. The molecule has 1 aliphatic rings. The van der Waals surface area contributed by atoms with E-state index in [2.05, 4.69) is 9.88 Å². The number of nitrogens with zero attached hydrogens (tertiary/aromatic N) is 2. The van der Waals surface area contributed by atoms with Crippen LogP contribution in [0.1, 0.15) is 6.42 Å². The summed E-state index contributed by atoms with van der Waals surface area (Å²) in [4.78, 5) is 6.44. The van der Waals surface area contributed by atoms with Crippen LogP contribution in [0.5, 0.6) is 0 Å². The highest BCUT2D eigenvalue weighted by molar-refractivity contribution is 6.32. The van der Waals surface area contributed by atoms with Crippen molar-refractivity contribution in [2.45, 2.75) is 6.42 Å². The molecule has 1 aromatic heterocycles. The normalized spacial score (nSPS) is 16.2. The molecule has 0 aliphatic carbocycles. The Balaban J connectivity index is 2.18. The molecule has 11 heavy (non-hydrogen) atoms. The molecule has 2 nitrogen and oxygen atoms in total. The molecule has 0 amide bonds. The van der Waals surface area contributed by atoms with Crippen LogP contribution in [0.25, 0.3) is 0 Å². The van der Waals surface area contributed by atoms with Gasteiger partial charge in [0.15, 0.2) is 0 Å². The molecular formula is C8H9BN2. The Bertz CT molecular complexity index is 241. The number of pyridine rings is 1. The summed E-state index contributed by atoms with van der Waals surface area (Å²) in [5.41, 5.74) is 0.731. The first kappa shape index (κ1) is 6.71. The average molecular weight is 144 g/mol. The SMILES string of the molecule is [B]c1ccc(N2CCC2)nc1. The zero-order chi connectivity index (χ0) is 7.68. The summed E-state index contributed by atoms with van der Waals surface area (Å²) >= 11 is 0. The van der Waals surface area contributed by atoms with Gasteiger partial charge in [-0.25, -0.2) is 4.98 Å². The third kappa shape index (κ3) is 1.23. The van der Waals surface area contributed by atoms with E-state index in [0.717, 1.165) is 24.4 Å². The molecule has 1 aliphatic heterocycles. The van der Waals surface area contributed by atoms with Gasteiger partial charge in [0.25, 0.3) is 0 Å². The molecule has 0 saturated carbocycles. The van der Waals surface area contributed by atoms with Gasteiger partial charge in [0.05, 0.1) is 0 Å². The number of hydrogen-bond donors (Lipinski definition) is 0. The first-order chi connectivity index (χ1) is 5.36. The summed E-state index contributed by atoms with van der Waals surface area (Å²) in [6.07, 6.45) is 2.99. The number of aromatic nitrogens is 1. The van der Waals surface area contributed by atoms with Crippen LogP contribution in [0, 0.1) is 0 Å². The van der Waals surface area contributed by atoms with Crippen molar-refractivity contribution in [3.05, 3.63) is 18.3 Å². The topological polar surface area (TPSA) is 16.1 Å². The van der Waals surface area contributed by atoms with E-state index in [-0.39, 0.29) is 0 Å². The fourth-order valence-corrected chi connectivity index (χ4v) is 1.13. The maximum Gasteiger partial charge on any atom is 0.128 e. The van der Waals surface area contributed by atoms with Gasteiger partial charge in [-0.3, -0.25) is 0 Å². The van der Waals surface area contributed by atoms with Gasteiger partial charge in [-0.1, -0.05) is 11.5 Å². The molecule has 0 bridgehead atoms. The van der Waals surface area contributed by atoms with Crippen molar-refractivity contribution in [2.24, 2.45) is 0 Å². The van der Waals surface area contributed by atoms with Crippen molar-refractivity contribution in [1.29, 1.82) is 0 Å². The van der Waals surface area contributed by atoms with Crippen LogP contribution >= 0.6 is 0 Å². The highest BCUT2D eigenvalue weighted by Crippen LogP contribution is 2.15. The van der Waals surface area contributed by atoms with Gasteiger partial charge < -0.3 is 4.90 Å². The highest BCUT2D eigenvalue weighted by atomic mass is 15.2. The molecule has 0 spiro atoms. The Hall–Kier alpha value is -0.985. The first-order valence-corrected chi connectivity index (χ1v) is 3.83. The third-order valence-corrected chi connectivity index (χ3v) is 1.95. The van der Waals surface area contributed by atoms with Gasteiger partial charge in [-0.2, -0.15) is 0 Å². The van der Waals surface area contributed by atoms with Crippen molar-refractivity contribution < 1.29 is 0 Å². The Morgan fingerprint density at radius 1 is 1.36 bits per heavy atom. The molecule has 0 unspecified atom stereocenters. The molecule has 1 saturated heterocycles. The van der Waals surface area contributed by atoms with Gasteiger partial charge >= 0.3 is 0 Å². The van der Waals surface area contributed by atoms with Crippen molar-refractivity contribution in [2.75, 3.05) is 18.0 Å². The second-order valence-corrected chi connectivity index (χ2v) is 2.79. The molecule has 2 radical (unpaired) electrons. The molecule has 2 rings (SSSR count). The number of rotatable bonds is 1. The van der Waals surface area contributed by atoms with Gasteiger partial charge in [-0.15, -0.1) is 0 Å². The van der Waals surface area contributed by atoms with E-state index in [9.17, 15) is 0 Å². The average Bonchev–Trinajstić information content (AvgIpc) is 1.90. The second-order valence-electron chi connectivity index (χ2n) is 2.79. The zero-order valence-electron chi connectivity index (χ0n) is 6.33. The first-order valence-electron chi connectivity index (χ1n) is 3.83. The minimum atomic E-state index is 0.731. The fraction of sp³-hybridized carbons (Fsp3) is 0.375. The quantitative estimate of drug-likeness (QED) is 0.519. The van der Waals surface area contributed by atoms with Crippen molar-refractivity contribution in [3.8, 4) is 0 Å². The monoisotopic (exact) mass is 144 g/mol. The van der Waals surface area contributed by atoms with E-state index in [0.29, 0.717) is 0 Å². The van der Waals surface area contributed by atoms with Gasteiger partial charge in [0.2, 0.25) is 0 Å².